The van der Waals surface area contributed by atoms with Crippen molar-refractivity contribution >= 4 is 57.5 Å². The van der Waals surface area contributed by atoms with E-state index in [2.05, 4.69) is 44.6 Å². The number of anilines is 2. The summed E-state index contributed by atoms with van der Waals surface area (Å²) in [5.74, 6) is -0.922. The van der Waals surface area contributed by atoms with Crippen LogP contribution in [0.2, 0.25) is 0 Å². The number of hydrogen-bond acceptors (Lipinski definition) is 5. The molecule has 1 heterocycles. The molecular formula is C28H23IN4O2S. The van der Waals surface area contributed by atoms with Crippen LogP contribution < -0.4 is 16.0 Å². The zero-order chi connectivity index (χ0) is 25.5. The molecule has 3 N–H and O–H groups in total. The Morgan fingerprint density at radius 3 is 2.19 bits per heavy atom. The summed E-state index contributed by atoms with van der Waals surface area (Å²) >= 11 is 3.46. The normalized spacial score (nSPS) is 15.1. The average molecular weight is 606 g/mol. The summed E-state index contributed by atoms with van der Waals surface area (Å²) in [6, 6.07) is 28.5. The number of carbonyl (C=O) groups is 2. The van der Waals surface area contributed by atoms with Crippen molar-refractivity contribution in [1.29, 1.82) is 5.26 Å². The first-order valence-electron chi connectivity index (χ1n) is 11.2. The fraction of sp³-hybridized carbons (Fsp3) is 0.107. The van der Waals surface area contributed by atoms with E-state index in [-0.39, 0.29) is 17.6 Å². The van der Waals surface area contributed by atoms with Gasteiger partial charge in [-0.3, -0.25) is 9.59 Å². The van der Waals surface area contributed by atoms with Gasteiger partial charge < -0.3 is 16.0 Å². The molecule has 0 fully saturated rings. The number of nitrogens with zero attached hydrogens (tertiary/aromatic N) is 1. The Labute approximate surface area is 228 Å². The van der Waals surface area contributed by atoms with E-state index >= 15 is 0 Å². The Bertz CT molecular complexity index is 1360. The lowest BCUT2D eigenvalue weighted by atomic mass is 9.82. The molecule has 0 saturated heterocycles. The molecule has 6 nitrogen and oxygen atoms in total. The van der Waals surface area contributed by atoms with Crippen LogP contribution >= 0.6 is 34.4 Å². The van der Waals surface area contributed by atoms with E-state index in [4.69, 9.17) is 0 Å². The van der Waals surface area contributed by atoms with Gasteiger partial charge in [-0.2, -0.15) is 5.26 Å². The largest absolute Gasteiger partial charge is 0.353 e. The van der Waals surface area contributed by atoms with Gasteiger partial charge in [0.05, 0.1) is 28.3 Å². The number of amides is 2. The number of nitrogens with one attached hydrogen (secondary N) is 3. The van der Waals surface area contributed by atoms with Gasteiger partial charge >= 0.3 is 0 Å². The van der Waals surface area contributed by atoms with Crippen molar-refractivity contribution in [2.45, 2.75) is 12.8 Å². The van der Waals surface area contributed by atoms with Crippen LogP contribution in [0.5, 0.6) is 0 Å². The number of thioether (sulfide) groups is 1. The molecule has 36 heavy (non-hydrogen) atoms. The van der Waals surface area contributed by atoms with Crippen molar-refractivity contribution in [2.24, 2.45) is 0 Å². The summed E-state index contributed by atoms with van der Waals surface area (Å²) in [7, 11) is 0. The van der Waals surface area contributed by atoms with Crippen LogP contribution in [-0.4, -0.2) is 17.6 Å². The van der Waals surface area contributed by atoms with Gasteiger partial charge in [0.2, 0.25) is 5.91 Å². The second kappa shape index (κ2) is 11.9. The van der Waals surface area contributed by atoms with Crippen LogP contribution in [0.3, 0.4) is 0 Å². The SMILES string of the molecule is CC1=C(C(=O)Nc2ccccc2)[C@@H](c2ccccc2)C(C#N)=C(SCC(=O)Nc2ccc(I)cc2)N1. The monoisotopic (exact) mass is 606 g/mol. The Morgan fingerprint density at radius 1 is 0.944 bits per heavy atom. The first-order chi connectivity index (χ1) is 17.5. The first-order valence-corrected chi connectivity index (χ1v) is 13.2. The highest BCUT2D eigenvalue weighted by Crippen LogP contribution is 2.40. The fourth-order valence-corrected chi connectivity index (χ4v) is 5.15. The molecule has 180 valence electrons. The maximum atomic E-state index is 13.4. The Kier molecular flexibility index (Phi) is 8.46. The van der Waals surface area contributed by atoms with Crippen LogP contribution in [0, 0.1) is 14.9 Å². The van der Waals surface area contributed by atoms with Crippen LogP contribution in [-0.2, 0) is 9.59 Å². The van der Waals surface area contributed by atoms with E-state index < -0.39 is 5.92 Å². The molecular weight excluding hydrogens is 583 g/mol. The van der Waals surface area contributed by atoms with E-state index in [1.165, 1.54) is 11.8 Å². The van der Waals surface area contributed by atoms with E-state index in [1.54, 1.807) is 0 Å². The molecule has 2 amide bonds. The van der Waals surface area contributed by atoms with Crippen LogP contribution in [0.1, 0.15) is 18.4 Å². The lowest BCUT2D eigenvalue weighted by Crippen LogP contribution is -2.31. The minimum Gasteiger partial charge on any atom is -0.353 e. The van der Waals surface area contributed by atoms with Crippen molar-refractivity contribution in [3.63, 3.8) is 0 Å². The molecule has 0 bridgehead atoms. The van der Waals surface area contributed by atoms with Gasteiger partial charge in [0, 0.05) is 26.2 Å². The second-order valence-electron chi connectivity index (χ2n) is 8.03. The van der Waals surface area contributed by atoms with Gasteiger partial charge in [-0.15, -0.1) is 0 Å². The Balaban J connectivity index is 1.60. The molecule has 1 aliphatic rings. The molecule has 0 spiro atoms. The van der Waals surface area contributed by atoms with E-state index in [9.17, 15) is 14.9 Å². The minimum atomic E-state index is -0.567. The van der Waals surface area contributed by atoms with Gasteiger partial charge in [-0.25, -0.2) is 0 Å². The molecule has 4 rings (SSSR count). The topological polar surface area (TPSA) is 94.0 Å². The zero-order valence-corrected chi connectivity index (χ0v) is 22.4. The molecule has 1 atom stereocenters. The number of rotatable bonds is 7. The molecule has 1 aliphatic heterocycles. The standard InChI is InChI=1S/C28H23IN4O2S/c1-18-25(27(35)33-21-10-6-3-7-11-21)26(19-8-4-2-5-9-19)23(16-30)28(31-18)36-17-24(34)32-22-14-12-20(29)13-15-22/h2-15,26,31H,17H2,1H3,(H,32,34)(H,33,35)/t26-/m0/s1. The first kappa shape index (κ1) is 25.5. The van der Waals surface area contributed by atoms with Gasteiger partial charge in [0.15, 0.2) is 0 Å². The molecule has 0 radical (unpaired) electrons. The molecule has 0 aliphatic carbocycles. The van der Waals surface area contributed by atoms with Crippen molar-refractivity contribution in [1.82, 2.24) is 5.32 Å². The molecule has 0 saturated carbocycles. The van der Waals surface area contributed by atoms with Crippen molar-refractivity contribution in [2.75, 3.05) is 16.4 Å². The number of para-hydroxylation sites is 1. The zero-order valence-electron chi connectivity index (χ0n) is 19.4. The summed E-state index contributed by atoms with van der Waals surface area (Å²) < 4.78 is 1.08. The minimum absolute atomic E-state index is 0.111. The van der Waals surface area contributed by atoms with Gasteiger partial charge in [0.25, 0.3) is 5.91 Å². The summed E-state index contributed by atoms with van der Waals surface area (Å²) in [6.45, 7) is 1.82. The number of nitriles is 1. The Morgan fingerprint density at radius 2 is 1.56 bits per heavy atom. The third-order valence-electron chi connectivity index (χ3n) is 5.53. The van der Waals surface area contributed by atoms with E-state index in [0.717, 1.165) is 9.13 Å². The van der Waals surface area contributed by atoms with Crippen molar-refractivity contribution < 1.29 is 9.59 Å². The van der Waals surface area contributed by atoms with Crippen LogP contribution in [0.4, 0.5) is 11.4 Å². The molecule has 8 heteroatoms. The third kappa shape index (κ3) is 6.17. The van der Waals surface area contributed by atoms with E-state index in [1.807, 2.05) is 91.9 Å². The highest BCUT2D eigenvalue weighted by Gasteiger charge is 2.34. The van der Waals surface area contributed by atoms with Gasteiger partial charge in [-0.1, -0.05) is 60.3 Å². The molecule has 3 aromatic carbocycles. The number of halogens is 1. The predicted molar refractivity (Wildman–Crippen MR) is 153 cm³/mol. The number of allylic oxidation sites excluding steroid dienone is 2. The second-order valence-corrected chi connectivity index (χ2v) is 10.3. The highest BCUT2D eigenvalue weighted by atomic mass is 127. The smallest absolute Gasteiger partial charge is 0.254 e. The molecule has 3 aromatic rings. The van der Waals surface area contributed by atoms with Crippen LogP contribution in [0.25, 0.3) is 0 Å². The fourth-order valence-electron chi connectivity index (χ4n) is 3.89. The highest BCUT2D eigenvalue weighted by molar-refractivity contribution is 14.1. The quantitative estimate of drug-likeness (QED) is 0.287. The third-order valence-corrected chi connectivity index (χ3v) is 7.27. The van der Waals surface area contributed by atoms with E-state index in [0.29, 0.717) is 33.2 Å². The lowest BCUT2D eigenvalue weighted by molar-refractivity contribution is -0.114. The van der Waals surface area contributed by atoms with Crippen molar-refractivity contribution in [3.8, 4) is 6.07 Å². The number of dihydropyridines is 1. The number of benzene rings is 3. The maximum Gasteiger partial charge on any atom is 0.254 e. The number of hydrogen-bond donors (Lipinski definition) is 3. The summed E-state index contributed by atoms with van der Waals surface area (Å²) in [5, 5.41) is 19.8. The van der Waals surface area contributed by atoms with Crippen molar-refractivity contribution in [3.05, 3.63) is 116 Å². The molecule has 0 unspecified atom stereocenters. The van der Waals surface area contributed by atoms with Gasteiger partial charge in [-0.05, 0) is 71.5 Å². The summed E-state index contributed by atoms with van der Waals surface area (Å²) in [6.07, 6.45) is 0. The van der Waals surface area contributed by atoms with Gasteiger partial charge in [0.1, 0.15) is 0 Å². The summed E-state index contributed by atoms with van der Waals surface area (Å²) in [4.78, 5) is 26.0. The number of carbonyl (C=O) groups excluding carboxylic acids is 2. The molecule has 0 aromatic heterocycles. The lowest BCUT2D eigenvalue weighted by Gasteiger charge is -2.29. The van der Waals surface area contributed by atoms with Crippen LogP contribution in [0.15, 0.2) is 107 Å². The average Bonchev–Trinajstić information content (AvgIpc) is 2.89. The predicted octanol–water partition coefficient (Wildman–Crippen LogP) is 6.00. The maximum absolute atomic E-state index is 13.4. The summed E-state index contributed by atoms with van der Waals surface area (Å²) in [5.41, 5.74) is 3.72. The Hall–Kier alpha value is -3.55.